The van der Waals surface area contributed by atoms with E-state index in [1.54, 1.807) is 35.6 Å². The zero-order valence-electron chi connectivity index (χ0n) is 11.9. The third-order valence-electron chi connectivity index (χ3n) is 3.69. The second-order valence-electron chi connectivity index (χ2n) is 5.52. The van der Waals surface area contributed by atoms with Crippen molar-refractivity contribution in [3.63, 3.8) is 0 Å². The second-order valence-corrected chi connectivity index (χ2v) is 8.25. The fourth-order valence-corrected chi connectivity index (χ4v) is 4.78. The van der Waals surface area contributed by atoms with Crippen LogP contribution in [-0.4, -0.2) is 8.42 Å². The highest BCUT2D eigenvalue weighted by molar-refractivity contribution is 7.88. The molecule has 1 aromatic heterocycles. The van der Waals surface area contributed by atoms with Gasteiger partial charge < -0.3 is 0 Å². The molecule has 0 bridgehead atoms. The van der Waals surface area contributed by atoms with Gasteiger partial charge in [0.05, 0.1) is 23.4 Å². The number of nitriles is 1. The van der Waals surface area contributed by atoms with Crippen LogP contribution in [0, 0.1) is 17.2 Å². The molecule has 2 aromatic rings. The topological polar surface area (TPSA) is 70.0 Å². The molecule has 0 amide bonds. The Morgan fingerprint density at radius 2 is 2.00 bits per heavy atom. The van der Waals surface area contributed by atoms with Crippen molar-refractivity contribution in [1.29, 1.82) is 5.26 Å². The number of nitrogens with one attached hydrogen (secondary N) is 1. The van der Waals surface area contributed by atoms with Gasteiger partial charge in [0.15, 0.2) is 0 Å². The van der Waals surface area contributed by atoms with Gasteiger partial charge in [0.1, 0.15) is 0 Å². The Bertz CT molecular complexity index is 771. The van der Waals surface area contributed by atoms with E-state index in [9.17, 15) is 8.42 Å². The average Bonchev–Trinajstić information content (AvgIpc) is 3.19. The Morgan fingerprint density at radius 1 is 1.27 bits per heavy atom. The zero-order chi connectivity index (χ0) is 15.6. The number of hydrogen-bond donors (Lipinski definition) is 1. The van der Waals surface area contributed by atoms with Crippen molar-refractivity contribution in [2.24, 2.45) is 5.92 Å². The lowest BCUT2D eigenvalue weighted by atomic mass is 10.2. The fourth-order valence-electron chi connectivity index (χ4n) is 2.41. The maximum atomic E-state index is 12.4. The average molecular weight is 332 g/mol. The molecule has 1 fully saturated rings. The number of thiophene rings is 1. The molecule has 1 heterocycles. The van der Waals surface area contributed by atoms with E-state index in [2.05, 4.69) is 4.72 Å². The van der Waals surface area contributed by atoms with E-state index in [4.69, 9.17) is 5.26 Å². The number of sulfonamides is 1. The van der Waals surface area contributed by atoms with Gasteiger partial charge in [0.25, 0.3) is 0 Å². The summed E-state index contributed by atoms with van der Waals surface area (Å²) in [5.74, 6) is 0.349. The molecule has 1 aliphatic rings. The highest BCUT2D eigenvalue weighted by atomic mass is 32.2. The summed E-state index contributed by atoms with van der Waals surface area (Å²) in [5, 5.41) is 10.7. The minimum atomic E-state index is -3.41. The zero-order valence-corrected chi connectivity index (χ0v) is 13.5. The molecule has 0 unspecified atom stereocenters. The van der Waals surface area contributed by atoms with E-state index in [0.29, 0.717) is 17.0 Å². The molecule has 1 N–H and O–H groups in total. The summed E-state index contributed by atoms with van der Waals surface area (Å²) >= 11 is 1.59. The molecule has 0 saturated heterocycles. The lowest BCUT2D eigenvalue weighted by Gasteiger charge is -2.17. The minimum Gasteiger partial charge on any atom is -0.212 e. The van der Waals surface area contributed by atoms with Crippen molar-refractivity contribution in [3.8, 4) is 6.07 Å². The molecule has 1 atom stereocenters. The molecule has 0 radical (unpaired) electrons. The van der Waals surface area contributed by atoms with Crippen LogP contribution in [0.15, 0.2) is 41.8 Å². The van der Waals surface area contributed by atoms with Crippen LogP contribution in [0.3, 0.4) is 0 Å². The van der Waals surface area contributed by atoms with E-state index in [1.165, 1.54) is 0 Å². The van der Waals surface area contributed by atoms with Crippen LogP contribution in [0.5, 0.6) is 0 Å². The van der Waals surface area contributed by atoms with Crippen LogP contribution in [0.4, 0.5) is 0 Å². The SMILES string of the molecule is N#Cc1ccc(CS(=O)(=O)N[C@@H](c2cccs2)C2CC2)cc1. The summed E-state index contributed by atoms with van der Waals surface area (Å²) in [6, 6.07) is 12.5. The summed E-state index contributed by atoms with van der Waals surface area (Å²) in [4.78, 5) is 1.07. The molecule has 1 saturated carbocycles. The first kappa shape index (κ1) is 15.2. The van der Waals surface area contributed by atoms with E-state index in [1.807, 2.05) is 23.6 Å². The van der Waals surface area contributed by atoms with Crippen molar-refractivity contribution < 1.29 is 8.42 Å². The number of hydrogen-bond acceptors (Lipinski definition) is 4. The van der Waals surface area contributed by atoms with E-state index < -0.39 is 10.0 Å². The molecular weight excluding hydrogens is 316 g/mol. The number of nitrogens with zero attached hydrogens (tertiary/aromatic N) is 1. The van der Waals surface area contributed by atoms with Gasteiger partial charge in [-0.2, -0.15) is 5.26 Å². The standard InChI is InChI=1S/C16H16N2O2S2/c17-10-12-3-5-13(6-4-12)11-22(19,20)18-16(14-7-8-14)15-2-1-9-21-15/h1-6,9,14,16,18H,7-8,11H2/t16-/m1/s1. The Hall–Kier alpha value is -1.68. The van der Waals surface area contributed by atoms with Crippen LogP contribution in [0.2, 0.25) is 0 Å². The highest BCUT2D eigenvalue weighted by Gasteiger charge is 2.35. The summed E-state index contributed by atoms with van der Waals surface area (Å²) in [5.41, 5.74) is 1.22. The van der Waals surface area contributed by atoms with Crippen LogP contribution >= 0.6 is 11.3 Å². The van der Waals surface area contributed by atoms with E-state index in [0.717, 1.165) is 17.7 Å². The van der Waals surface area contributed by atoms with Crippen molar-refractivity contribution >= 4 is 21.4 Å². The van der Waals surface area contributed by atoms with Gasteiger partial charge in [-0.3, -0.25) is 0 Å². The number of benzene rings is 1. The summed E-state index contributed by atoms with van der Waals surface area (Å²) in [6.45, 7) is 0. The van der Waals surface area contributed by atoms with Crippen molar-refractivity contribution in [1.82, 2.24) is 4.72 Å². The lowest BCUT2D eigenvalue weighted by molar-refractivity contribution is 0.533. The summed E-state index contributed by atoms with van der Waals surface area (Å²) in [7, 11) is -3.41. The van der Waals surface area contributed by atoms with Gasteiger partial charge >= 0.3 is 0 Å². The summed E-state index contributed by atoms with van der Waals surface area (Å²) < 4.78 is 27.7. The van der Waals surface area contributed by atoms with Crippen molar-refractivity contribution in [2.75, 3.05) is 0 Å². The van der Waals surface area contributed by atoms with Crippen LogP contribution in [-0.2, 0) is 15.8 Å². The van der Waals surface area contributed by atoms with Gasteiger partial charge in [0.2, 0.25) is 10.0 Å². The Morgan fingerprint density at radius 3 is 2.55 bits per heavy atom. The normalized spacial score (nSPS) is 16.1. The minimum absolute atomic E-state index is 0.0622. The Labute approximate surface area is 134 Å². The first-order valence-corrected chi connectivity index (χ1v) is 9.63. The van der Waals surface area contributed by atoms with Crippen molar-refractivity contribution in [2.45, 2.75) is 24.6 Å². The smallest absolute Gasteiger partial charge is 0.212 e. The lowest BCUT2D eigenvalue weighted by Crippen LogP contribution is -2.30. The maximum Gasteiger partial charge on any atom is 0.216 e. The van der Waals surface area contributed by atoms with Gasteiger partial charge in [-0.25, -0.2) is 13.1 Å². The quantitative estimate of drug-likeness (QED) is 0.883. The monoisotopic (exact) mass is 332 g/mol. The third-order valence-corrected chi connectivity index (χ3v) is 5.97. The van der Waals surface area contributed by atoms with Crippen molar-refractivity contribution in [3.05, 3.63) is 57.8 Å². The van der Waals surface area contributed by atoms with Gasteiger partial charge in [-0.1, -0.05) is 18.2 Å². The van der Waals surface area contributed by atoms with E-state index >= 15 is 0 Å². The molecule has 114 valence electrons. The molecule has 1 aromatic carbocycles. The molecule has 0 aliphatic heterocycles. The molecule has 1 aliphatic carbocycles. The second kappa shape index (κ2) is 6.21. The van der Waals surface area contributed by atoms with Gasteiger partial charge in [-0.15, -0.1) is 11.3 Å². The molecular formula is C16H16N2O2S2. The van der Waals surface area contributed by atoms with Gasteiger partial charge in [-0.05, 0) is 47.9 Å². The first-order chi connectivity index (χ1) is 10.6. The molecule has 0 spiro atoms. The largest absolute Gasteiger partial charge is 0.216 e. The fraction of sp³-hybridized carbons (Fsp3) is 0.312. The van der Waals surface area contributed by atoms with Crippen LogP contribution < -0.4 is 4.72 Å². The maximum absolute atomic E-state index is 12.4. The number of rotatable bonds is 6. The van der Waals surface area contributed by atoms with Gasteiger partial charge in [0, 0.05) is 4.88 Å². The summed E-state index contributed by atoms with van der Waals surface area (Å²) in [6.07, 6.45) is 2.14. The predicted molar refractivity (Wildman–Crippen MR) is 86.7 cm³/mol. The first-order valence-electron chi connectivity index (χ1n) is 7.10. The van der Waals surface area contributed by atoms with E-state index in [-0.39, 0.29) is 11.8 Å². The highest BCUT2D eigenvalue weighted by Crippen LogP contribution is 2.42. The predicted octanol–water partition coefficient (Wildman–Crippen LogP) is 3.19. The Balaban J connectivity index is 1.73. The van der Waals surface area contributed by atoms with Crippen LogP contribution in [0.1, 0.15) is 34.9 Å². The van der Waals surface area contributed by atoms with Crippen LogP contribution in [0.25, 0.3) is 0 Å². The molecule has 4 nitrogen and oxygen atoms in total. The third kappa shape index (κ3) is 3.74. The molecule has 22 heavy (non-hydrogen) atoms. The Kier molecular flexibility index (Phi) is 4.30. The molecule has 6 heteroatoms. The molecule has 3 rings (SSSR count).